The van der Waals surface area contributed by atoms with Gasteiger partial charge in [-0.2, -0.15) is 0 Å². The van der Waals surface area contributed by atoms with E-state index in [1.165, 1.54) is 340 Å². The molecule has 0 aliphatic carbocycles. The molecule has 0 heterocycles. The topological polar surface area (TPSA) is 74.6 Å². The quantitative estimate of drug-likeness (QED) is 0.0470. The van der Waals surface area contributed by atoms with Gasteiger partial charge in [-0.05, 0) is 108 Å². The summed E-state index contributed by atoms with van der Waals surface area (Å²) in [5.74, 6) is 0.455. The lowest BCUT2D eigenvalue weighted by Crippen LogP contribution is -1.93. The SMILES string of the molecule is CCC=C(CCCCCCCCCCCCCCCC(C)C)CCCCCCCCCCCCCCCC(C)C.CCCCCCCC/C=C\CCCCCCCC(=O)O.CCCCCCCC/C=C\CCCCCCCC(=O)O. The van der Waals surface area contributed by atoms with Gasteiger partial charge in [-0.1, -0.05) is 354 Å². The molecule has 0 saturated heterocycles. The number of unbranched alkanes of at least 4 members (excludes halogenated alkanes) is 46. The Morgan fingerprint density at radius 3 is 0.688 bits per heavy atom. The molecule has 0 aliphatic heterocycles. The van der Waals surface area contributed by atoms with Crippen molar-refractivity contribution in [1.29, 1.82) is 0 Å². The molecule has 0 radical (unpaired) electrons. The third-order valence-corrected chi connectivity index (χ3v) is 16.4. The fourth-order valence-corrected chi connectivity index (χ4v) is 11.0. The molecule has 0 aromatic rings. The summed E-state index contributed by atoms with van der Waals surface area (Å²) < 4.78 is 0. The molecular formula is C76H148O4. The van der Waals surface area contributed by atoms with Gasteiger partial charge in [0.1, 0.15) is 0 Å². The van der Waals surface area contributed by atoms with Crippen LogP contribution in [0.2, 0.25) is 0 Å². The van der Waals surface area contributed by atoms with Crippen LogP contribution in [-0.2, 0) is 9.59 Å². The maximum Gasteiger partial charge on any atom is 0.303 e. The van der Waals surface area contributed by atoms with E-state index in [1.54, 1.807) is 5.57 Å². The second-order valence-electron chi connectivity index (χ2n) is 25.8. The Hall–Kier alpha value is -1.84. The third kappa shape index (κ3) is 85.0. The number of allylic oxidation sites excluding steroid dienone is 6. The second kappa shape index (κ2) is 75.2. The van der Waals surface area contributed by atoms with Crippen molar-refractivity contribution >= 4 is 11.9 Å². The van der Waals surface area contributed by atoms with Gasteiger partial charge in [0.15, 0.2) is 0 Å². The fraction of sp³-hybridized carbons (Fsp3) is 0.895. The van der Waals surface area contributed by atoms with Gasteiger partial charge < -0.3 is 10.2 Å². The Morgan fingerprint density at radius 2 is 0.475 bits per heavy atom. The molecule has 0 bridgehead atoms. The molecule has 0 aromatic carbocycles. The van der Waals surface area contributed by atoms with E-state index in [0.29, 0.717) is 12.8 Å². The van der Waals surface area contributed by atoms with Gasteiger partial charge in [0.2, 0.25) is 0 Å². The zero-order chi connectivity index (χ0) is 59.1. The zero-order valence-corrected chi connectivity index (χ0v) is 56.0. The van der Waals surface area contributed by atoms with Crippen LogP contribution < -0.4 is 0 Å². The Morgan fingerprint density at radius 1 is 0.275 bits per heavy atom. The highest BCUT2D eigenvalue weighted by Crippen LogP contribution is 2.21. The third-order valence-electron chi connectivity index (χ3n) is 16.4. The first-order valence-electron chi connectivity index (χ1n) is 36.5. The van der Waals surface area contributed by atoms with Crippen LogP contribution in [0.1, 0.15) is 427 Å². The van der Waals surface area contributed by atoms with Gasteiger partial charge in [0.05, 0.1) is 0 Å². The molecule has 4 nitrogen and oxygen atoms in total. The molecule has 4 heteroatoms. The lowest BCUT2D eigenvalue weighted by atomic mass is 9.98. The summed E-state index contributed by atoms with van der Waals surface area (Å²) in [5.41, 5.74) is 1.77. The van der Waals surface area contributed by atoms with Crippen molar-refractivity contribution < 1.29 is 19.8 Å². The van der Waals surface area contributed by atoms with Crippen LogP contribution in [0.5, 0.6) is 0 Å². The van der Waals surface area contributed by atoms with Crippen LogP contribution in [0.4, 0.5) is 0 Å². The van der Waals surface area contributed by atoms with E-state index >= 15 is 0 Å². The molecule has 0 fully saturated rings. The monoisotopic (exact) mass is 1130 g/mol. The first kappa shape index (κ1) is 82.4. The van der Waals surface area contributed by atoms with Gasteiger partial charge in [-0.25, -0.2) is 0 Å². The van der Waals surface area contributed by atoms with E-state index in [2.05, 4.69) is 78.8 Å². The van der Waals surface area contributed by atoms with Crippen molar-refractivity contribution in [1.82, 2.24) is 0 Å². The smallest absolute Gasteiger partial charge is 0.303 e. The molecule has 0 amide bonds. The lowest BCUT2D eigenvalue weighted by Gasteiger charge is -2.08. The van der Waals surface area contributed by atoms with E-state index in [0.717, 1.165) is 37.5 Å². The summed E-state index contributed by atoms with van der Waals surface area (Å²) in [5, 5.41) is 17.0. The van der Waals surface area contributed by atoms with Crippen molar-refractivity contribution in [3.8, 4) is 0 Å². The second-order valence-corrected chi connectivity index (χ2v) is 25.8. The summed E-state index contributed by atoms with van der Waals surface area (Å²) in [7, 11) is 0. The Bertz CT molecular complexity index is 1160. The molecule has 80 heavy (non-hydrogen) atoms. The van der Waals surface area contributed by atoms with E-state index in [4.69, 9.17) is 10.2 Å². The molecule has 2 N–H and O–H groups in total. The summed E-state index contributed by atoms with van der Waals surface area (Å²) in [6, 6.07) is 0. The number of carbonyl (C=O) groups is 2. The van der Waals surface area contributed by atoms with Gasteiger partial charge >= 0.3 is 11.9 Å². The predicted molar refractivity (Wildman–Crippen MR) is 361 cm³/mol. The maximum atomic E-state index is 10.3. The molecule has 476 valence electrons. The highest BCUT2D eigenvalue weighted by atomic mass is 16.4. The highest BCUT2D eigenvalue weighted by molar-refractivity contribution is 5.66. The van der Waals surface area contributed by atoms with Crippen molar-refractivity contribution in [3.63, 3.8) is 0 Å². The van der Waals surface area contributed by atoms with E-state index in [1.807, 2.05) is 0 Å². The summed E-state index contributed by atoms with van der Waals surface area (Å²) in [4.78, 5) is 20.6. The van der Waals surface area contributed by atoms with Crippen LogP contribution in [0, 0.1) is 11.8 Å². The number of carboxylic acid groups (broad SMARTS) is 2. The minimum absolute atomic E-state index is 0.332. The van der Waals surface area contributed by atoms with Crippen LogP contribution in [0.3, 0.4) is 0 Å². The van der Waals surface area contributed by atoms with Crippen molar-refractivity contribution in [2.24, 2.45) is 11.8 Å². The van der Waals surface area contributed by atoms with Gasteiger partial charge in [0, 0.05) is 12.8 Å². The Balaban J connectivity index is -0.00000124. The maximum absolute atomic E-state index is 10.3. The van der Waals surface area contributed by atoms with Crippen molar-refractivity contribution in [2.45, 2.75) is 427 Å². The molecule has 0 aliphatic rings. The Labute approximate surface area is 504 Å². The standard InChI is InChI=1S/C40H80.2C18H34O2/c1-6-33-40(36-31-27-23-19-15-11-7-9-13-17-21-25-29-34-38(2)3)37-32-28-24-20-16-12-8-10-14-18-22-26-30-35-39(4)5;2*1-2-3-4-5-6-7-8-9-10-11-12-13-14-15-16-17-18(19)20/h33,38-39H,6-32,34-37H2,1-5H3;2*9-10H,2-8,11-17H2,1H3,(H,19,20)/b;2*10-9-. The number of hydrogen-bond acceptors (Lipinski definition) is 2. The summed E-state index contributed by atoms with van der Waals surface area (Å²) in [6.07, 6.45) is 90.0. The first-order chi connectivity index (χ1) is 39.1. The summed E-state index contributed by atoms with van der Waals surface area (Å²) >= 11 is 0. The number of hydrogen-bond donors (Lipinski definition) is 2. The van der Waals surface area contributed by atoms with Gasteiger partial charge in [-0.3, -0.25) is 9.59 Å². The number of rotatable bonds is 63. The van der Waals surface area contributed by atoms with Crippen LogP contribution >= 0.6 is 0 Å². The number of aliphatic carboxylic acids is 2. The summed E-state index contributed by atoms with van der Waals surface area (Å²) in [6.45, 7) is 16.2. The molecule has 0 rings (SSSR count). The minimum Gasteiger partial charge on any atom is -0.481 e. The molecule has 0 aromatic heterocycles. The van der Waals surface area contributed by atoms with E-state index in [-0.39, 0.29) is 0 Å². The normalized spacial score (nSPS) is 11.5. The van der Waals surface area contributed by atoms with Crippen LogP contribution in [0.25, 0.3) is 0 Å². The fourth-order valence-electron chi connectivity index (χ4n) is 11.0. The van der Waals surface area contributed by atoms with E-state index in [9.17, 15) is 9.59 Å². The number of carboxylic acids is 2. The molecular weight excluding hydrogens is 977 g/mol. The average Bonchev–Trinajstić information content (AvgIpc) is 3.43. The average molecular weight is 1130 g/mol. The van der Waals surface area contributed by atoms with Crippen LogP contribution in [-0.4, -0.2) is 22.2 Å². The first-order valence-corrected chi connectivity index (χ1v) is 36.5. The molecule has 0 saturated carbocycles. The van der Waals surface area contributed by atoms with Gasteiger partial charge in [0.25, 0.3) is 0 Å². The van der Waals surface area contributed by atoms with Crippen LogP contribution in [0.15, 0.2) is 36.0 Å². The minimum atomic E-state index is -0.664. The van der Waals surface area contributed by atoms with Gasteiger partial charge in [-0.15, -0.1) is 0 Å². The lowest BCUT2D eigenvalue weighted by molar-refractivity contribution is -0.138. The van der Waals surface area contributed by atoms with Crippen molar-refractivity contribution in [2.75, 3.05) is 0 Å². The molecule has 0 unspecified atom stereocenters. The predicted octanol–water partition coefficient (Wildman–Crippen LogP) is 27.6. The molecule has 0 atom stereocenters. The Kier molecular flexibility index (Phi) is 77.4. The van der Waals surface area contributed by atoms with E-state index < -0.39 is 11.9 Å². The zero-order valence-electron chi connectivity index (χ0n) is 56.0. The highest BCUT2D eigenvalue weighted by Gasteiger charge is 2.03. The molecule has 0 spiro atoms. The largest absolute Gasteiger partial charge is 0.481 e. The van der Waals surface area contributed by atoms with Crippen molar-refractivity contribution in [3.05, 3.63) is 36.0 Å².